The minimum Gasteiger partial charge on any atom is -0.456 e. The van der Waals surface area contributed by atoms with E-state index in [9.17, 15) is 0 Å². The molecule has 3 heteroatoms. The molecule has 0 unspecified atom stereocenters. The Balaban J connectivity index is 0.0000000953. The van der Waals surface area contributed by atoms with Crippen molar-refractivity contribution < 1.29 is 13.3 Å². The van der Waals surface area contributed by atoms with Crippen LogP contribution in [0, 0.1) is 0 Å². The molecule has 0 atom stereocenters. The van der Waals surface area contributed by atoms with Crippen LogP contribution in [0.2, 0.25) is 0 Å². The molecule has 0 fully saturated rings. The monoisotopic (exact) mass is 1150 g/mol. The average Bonchev–Trinajstić information content (AvgIpc) is 1.26. The van der Waals surface area contributed by atoms with E-state index in [4.69, 9.17) is 13.3 Å². The summed E-state index contributed by atoms with van der Waals surface area (Å²) in [6.45, 7) is 0. The lowest BCUT2D eigenvalue weighted by atomic mass is 9.88. The van der Waals surface area contributed by atoms with E-state index in [2.05, 4.69) is 273 Å². The number of furan rings is 3. The van der Waals surface area contributed by atoms with Crippen LogP contribution in [-0.2, 0) is 0 Å². The molecule has 0 aliphatic carbocycles. The molecular weight excluding hydrogens is 1100 g/mol. The van der Waals surface area contributed by atoms with Gasteiger partial charge in [0, 0.05) is 37.9 Å². The summed E-state index contributed by atoms with van der Waals surface area (Å²) in [5.41, 5.74) is 12.9. The topological polar surface area (TPSA) is 39.4 Å². The minimum absolute atomic E-state index is 0.935. The second kappa shape index (κ2) is 19.2. The minimum atomic E-state index is 0.935. The van der Waals surface area contributed by atoms with Gasteiger partial charge in [0.1, 0.15) is 33.5 Å². The standard InChI is InChI=1S/C32H18O.2C28H16O/c1-2-9-24-22(8-1)27(18-29-32(24)26-10-3-4-11-28(26)33-29)23-16-14-21-13-12-19-6-5-7-20-15-17-25(23)31(21)30(19)20;1-2-10-25-21(7-1)24-9-4-8-23(28(24)29-25)20-15-13-19-12-11-17-5-3-6-18-14-16-22(20)27(19)26(17)18;1-2-7-25-22(6-1)23-14-12-20(16-26(23)29-25)21-13-10-19-9-8-17-4-3-5-18-11-15-24(21)28(19)27(17)18/h1-18H;2*1-16H. The van der Waals surface area contributed by atoms with E-state index in [1.165, 1.54) is 168 Å². The Hall–Kier alpha value is -12.0. The molecule has 0 radical (unpaired) electrons. The van der Waals surface area contributed by atoms with Crippen LogP contribution in [0.5, 0.6) is 0 Å². The number of benzene rings is 19. The molecule has 0 saturated heterocycles. The molecule has 19 aromatic carbocycles. The van der Waals surface area contributed by atoms with Gasteiger partial charge >= 0.3 is 0 Å². The molecule has 0 aliphatic rings. The van der Waals surface area contributed by atoms with Gasteiger partial charge in [0.2, 0.25) is 0 Å². The second-order valence-corrected chi connectivity index (χ2v) is 24.4. The molecule has 0 spiro atoms. The van der Waals surface area contributed by atoms with Crippen molar-refractivity contribution in [2.75, 3.05) is 0 Å². The van der Waals surface area contributed by atoms with Gasteiger partial charge in [-0.3, -0.25) is 0 Å². The van der Waals surface area contributed by atoms with Crippen molar-refractivity contribution in [2.45, 2.75) is 0 Å². The Morgan fingerprint density at radius 3 is 1.08 bits per heavy atom. The third-order valence-electron chi connectivity index (χ3n) is 19.6. The Kier molecular flexibility index (Phi) is 10.6. The van der Waals surface area contributed by atoms with Crippen LogP contribution in [0.3, 0.4) is 0 Å². The molecular formula is C88H50O3. The highest BCUT2D eigenvalue weighted by molar-refractivity contribution is 6.30. The zero-order chi connectivity index (χ0) is 59.4. The molecule has 3 nitrogen and oxygen atoms in total. The number of fused-ring (bicyclic) bond motifs is 11. The number of hydrogen-bond donors (Lipinski definition) is 0. The van der Waals surface area contributed by atoms with Gasteiger partial charge in [-0.2, -0.15) is 0 Å². The molecule has 0 amide bonds. The molecule has 0 bridgehead atoms. The summed E-state index contributed by atoms with van der Waals surface area (Å²) >= 11 is 0. The smallest absolute Gasteiger partial charge is 0.143 e. The molecule has 22 rings (SSSR count). The first-order valence-corrected chi connectivity index (χ1v) is 31.3. The Bertz CT molecular complexity index is 6660. The third-order valence-corrected chi connectivity index (χ3v) is 19.6. The molecule has 91 heavy (non-hydrogen) atoms. The quantitative estimate of drug-likeness (QED) is 0.166. The van der Waals surface area contributed by atoms with Crippen molar-refractivity contribution in [3.63, 3.8) is 0 Å². The fourth-order valence-electron chi connectivity index (χ4n) is 15.6. The highest BCUT2D eigenvalue weighted by Gasteiger charge is 2.21. The highest BCUT2D eigenvalue weighted by atomic mass is 16.3. The largest absolute Gasteiger partial charge is 0.456 e. The van der Waals surface area contributed by atoms with Crippen molar-refractivity contribution in [1.29, 1.82) is 0 Å². The van der Waals surface area contributed by atoms with Gasteiger partial charge in [0.05, 0.1) is 0 Å². The van der Waals surface area contributed by atoms with Gasteiger partial charge in [-0.25, -0.2) is 0 Å². The van der Waals surface area contributed by atoms with Crippen molar-refractivity contribution in [3.05, 3.63) is 303 Å². The maximum absolute atomic E-state index is 6.35. The van der Waals surface area contributed by atoms with Crippen LogP contribution in [0.25, 0.3) is 207 Å². The molecule has 22 aromatic rings. The summed E-state index contributed by atoms with van der Waals surface area (Å²) < 4.78 is 18.8. The second-order valence-electron chi connectivity index (χ2n) is 24.4. The maximum Gasteiger partial charge on any atom is 0.143 e. The normalized spacial score (nSPS) is 12.2. The summed E-state index contributed by atoms with van der Waals surface area (Å²) in [5, 5.41) is 33.1. The van der Waals surface area contributed by atoms with Crippen LogP contribution in [0.1, 0.15) is 0 Å². The molecule has 3 heterocycles. The fraction of sp³-hybridized carbons (Fsp3) is 0. The Labute approximate surface area is 520 Å². The number of hydrogen-bond acceptors (Lipinski definition) is 3. The molecule has 420 valence electrons. The van der Waals surface area contributed by atoms with Crippen molar-refractivity contribution in [2.24, 2.45) is 0 Å². The summed E-state index contributed by atoms with van der Waals surface area (Å²) in [5.74, 6) is 0. The van der Waals surface area contributed by atoms with Crippen molar-refractivity contribution in [1.82, 2.24) is 0 Å². The molecule has 0 N–H and O–H groups in total. The van der Waals surface area contributed by atoms with E-state index in [-0.39, 0.29) is 0 Å². The summed E-state index contributed by atoms with van der Waals surface area (Å²) in [7, 11) is 0. The van der Waals surface area contributed by atoms with Crippen LogP contribution in [-0.4, -0.2) is 0 Å². The van der Waals surface area contributed by atoms with Crippen LogP contribution < -0.4 is 0 Å². The molecule has 0 aliphatic heterocycles. The lowest BCUT2D eigenvalue weighted by Crippen LogP contribution is -1.88. The average molecular weight is 1160 g/mol. The van der Waals surface area contributed by atoms with Crippen LogP contribution in [0.4, 0.5) is 0 Å². The fourth-order valence-corrected chi connectivity index (χ4v) is 15.6. The zero-order valence-electron chi connectivity index (χ0n) is 49.1. The SMILES string of the molecule is c1cc2ccc3ccc(-c4cc5oc6ccccc6c5c5ccccc45)c4ccc(c1)c2c34.c1cc2ccc3ccc(-c4ccc5c(c4)oc4ccccc45)c4ccc(c1)c2c34.c1cc2ccc3ccc(-c4cccc5c4oc4ccccc45)c4ccc(c1)c2c34. The predicted octanol–water partition coefficient (Wildman–Crippen LogP) is 25.6. The first-order valence-electron chi connectivity index (χ1n) is 31.3. The van der Waals surface area contributed by atoms with Crippen molar-refractivity contribution in [3.8, 4) is 33.4 Å². The van der Waals surface area contributed by atoms with E-state index in [1.54, 1.807) is 0 Å². The van der Waals surface area contributed by atoms with Gasteiger partial charge in [-0.1, -0.05) is 267 Å². The Morgan fingerprint density at radius 2 is 0.516 bits per heavy atom. The van der Waals surface area contributed by atoms with E-state index in [1.807, 2.05) is 30.3 Å². The van der Waals surface area contributed by atoms with Gasteiger partial charge in [0.15, 0.2) is 0 Å². The van der Waals surface area contributed by atoms with E-state index in [0.717, 1.165) is 39.1 Å². The van der Waals surface area contributed by atoms with Gasteiger partial charge < -0.3 is 13.3 Å². The van der Waals surface area contributed by atoms with Gasteiger partial charge in [-0.05, 0) is 172 Å². The summed E-state index contributed by atoms with van der Waals surface area (Å²) in [6, 6.07) is 109. The van der Waals surface area contributed by atoms with E-state index < -0.39 is 0 Å². The summed E-state index contributed by atoms with van der Waals surface area (Å²) in [4.78, 5) is 0. The lowest BCUT2D eigenvalue weighted by molar-refractivity contribution is 0.669. The van der Waals surface area contributed by atoms with Gasteiger partial charge in [0.25, 0.3) is 0 Å². The lowest BCUT2D eigenvalue weighted by Gasteiger charge is -2.15. The Morgan fingerprint density at radius 1 is 0.154 bits per heavy atom. The number of para-hydroxylation sites is 4. The predicted molar refractivity (Wildman–Crippen MR) is 386 cm³/mol. The third kappa shape index (κ3) is 7.44. The van der Waals surface area contributed by atoms with Crippen LogP contribution >= 0.6 is 0 Å². The first kappa shape index (κ1) is 50.0. The van der Waals surface area contributed by atoms with E-state index >= 15 is 0 Å². The zero-order valence-corrected chi connectivity index (χ0v) is 49.1. The first-order chi connectivity index (χ1) is 45.1. The van der Waals surface area contributed by atoms with Gasteiger partial charge in [-0.15, -0.1) is 0 Å². The number of rotatable bonds is 3. The molecule has 3 aromatic heterocycles. The summed E-state index contributed by atoms with van der Waals surface area (Å²) in [6.07, 6.45) is 0. The van der Waals surface area contributed by atoms with Crippen molar-refractivity contribution >= 4 is 174 Å². The van der Waals surface area contributed by atoms with E-state index in [0.29, 0.717) is 0 Å². The van der Waals surface area contributed by atoms with Crippen LogP contribution in [0.15, 0.2) is 317 Å². The maximum atomic E-state index is 6.35. The highest BCUT2D eigenvalue weighted by Crippen LogP contribution is 2.47. The molecule has 0 saturated carbocycles.